The predicted octanol–water partition coefficient (Wildman–Crippen LogP) is 5.06. The molecule has 0 saturated heterocycles. The van der Waals surface area contributed by atoms with Gasteiger partial charge in [-0.2, -0.15) is 0 Å². The maximum absolute atomic E-state index is 7.48. The van der Waals surface area contributed by atoms with Gasteiger partial charge in [0.1, 0.15) is 0 Å². The van der Waals surface area contributed by atoms with Crippen LogP contribution in [0.25, 0.3) is 11.1 Å². The van der Waals surface area contributed by atoms with Crippen molar-refractivity contribution in [2.75, 3.05) is 0 Å². The van der Waals surface area contributed by atoms with Crippen molar-refractivity contribution in [1.29, 1.82) is 5.41 Å². The van der Waals surface area contributed by atoms with Gasteiger partial charge in [-0.05, 0) is 62.7 Å². The summed E-state index contributed by atoms with van der Waals surface area (Å²) in [5, 5.41) is 7.48. The minimum absolute atomic E-state index is 0.879. The topological polar surface area (TPSA) is 36.2 Å². The molecular formula is C18H22N2. The maximum Gasteiger partial charge on any atom is 0.0654 e. The number of nitrogens with one attached hydrogen (secondary N) is 1. The Morgan fingerprint density at radius 1 is 1.15 bits per heavy atom. The van der Waals surface area contributed by atoms with Crippen molar-refractivity contribution in [3.8, 4) is 0 Å². The molecule has 0 aliphatic rings. The number of hydrogen-bond acceptors (Lipinski definition) is 2. The standard InChI is InChI=1S/C18H22N2/c1-6-14(12-19)15-10-9-13(4)17(11-15)16(7-2)18(8-3)20-5/h6-12,19H,5H2,1-4H3/b14-6+,16-7+,18-8-,19-12?. The molecule has 0 bridgehead atoms. The van der Waals surface area contributed by atoms with Gasteiger partial charge in [-0.1, -0.05) is 30.4 Å². The van der Waals surface area contributed by atoms with Crippen LogP contribution in [0.5, 0.6) is 0 Å². The van der Waals surface area contributed by atoms with Crippen LogP contribution in [0.2, 0.25) is 0 Å². The number of nitrogens with zero attached hydrogens (tertiary/aromatic N) is 1. The molecule has 104 valence electrons. The van der Waals surface area contributed by atoms with E-state index in [4.69, 9.17) is 5.41 Å². The Morgan fingerprint density at radius 2 is 1.85 bits per heavy atom. The lowest BCUT2D eigenvalue weighted by Gasteiger charge is -2.13. The number of aliphatic imine (C=N–C) groups is 1. The zero-order valence-electron chi connectivity index (χ0n) is 12.7. The van der Waals surface area contributed by atoms with E-state index in [1.807, 2.05) is 39.0 Å². The van der Waals surface area contributed by atoms with E-state index in [9.17, 15) is 0 Å². The molecule has 0 radical (unpaired) electrons. The Hall–Kier alpha value is -2.22. The molecule has 0 fully saturated rings. The van der Waals surface area contributed by atoms with Gasteiger partial charge in [-0.15, -0.1) is 0 Å². The molecule has 1 aromatic carbocycles. The van der Waals surface area contributed by atoms with Crippen LogP contribution in [0.3, 0.4) is 0 Å². The Balaban J connectivity index is 3.48. The molecule has 0 atom stereocenters. The Morgan fingerprint density at radius 3 is 2.30 bits per heavy atom. The van der Waals surface area contributed by atoms with Gasteiger partial charge in [0.05, 0.1) is 5.70 Å². The second-order valence-electron chi connectivity index (χ2n) is 4.45. The fraction of sp³-hybridized carbons (Fsp3) is 0.222. The van der Waals surface area contributed by atoms with Crippen molar-refractivity contribution in [2.24, 2.45) is 4.99 Å². The second kappa shape index (κ2) is 7.39. The fourth-order valence-corrected chi connectivity index (χ4v) is 2.20. The van der Waals surface area contributed by atoms with Gasteiger partial charge in [0.2, 0.25) is 0 Å². The summed E-state index contributed by atoms with van der Waals surface area (Å²) in [6.07, 6.45) is 7.34. The molecule has 1 N–H and O–H groups in total. The van der Waals surface area contributed by atoms with Crippen LogP contribution in [0.4, 0.5) is 0 Å². The quantitative estimate of drug-likeness (QED) is 0.571. The lowest BCUT2D eigenvalue weighted by atomic mass is 9.93. The molecule has 0 aliphatic heterocycles. The van der Waals surface area contributed by atoms with Crippen molar-refractivity contribution in [2.45, 2.75) is 27.7 Å². The molecule has 2 nitrogen and oxygen atoms in total. The first-order valence-electron chi connectivity index (χ1n) is 6.70. The molecule has 0 spiro atoms. The predicted molar refractivity (Wildman–Crippen MR) is 90.6 cm³/mol. The summed E-state index contributed by atoms with van der Waals surface area (Å²) < 4.78 is 0. The summed E-state index contributed by atoms with van der Waals surface area (Å²) in [7, 11) is 0. The van der Waals surface area contributed by atoms with E-state index in [1.165, 1.54) is 11.8 Å². The molecule has 0 heterocycles. The molecule has 20 heavy (non-hydrogen) atoms. The molecule has 0 aromatic heterocycles. The Kier molecular flexibility index (Phi) is 5.85. The third-order valence-corrected chi connectivity index (χ3v) is 3.34. The SMILES string of the molecule is C=NC(=C\C)/C(=C/C)c1cc(/C(C=N)=C/C)ccc1C. The number of benzene rings is 1. The summed E-state index contributed by atoms with van der Waals surface area (Å²) in [5.41, 5.74) is 6.22. The highest BCUT2D eigenvalue weighted by Crippen LogP contribution is 2.29. The van der Waals surface area contributed by atoms with Gasteiger partial charge in [-0.3, -0.25) is 4.99 Å². The van der Waals surface area contributed by atoms with Crippen LogP contribution in [0, 0.1) is 12.3 Å². The van der Waals surface area contributed by atoms with E-state index in [0.717, 1.165) is 28.0 Å². The summed E-state index contributed by atoms with van der Waals surface area (Å²) in [4.78, 5) is 4.09. The molecule has 0 saturated carbocycles. The zero-order valence-corrected chi connectivity index (χ0v) is 12.7. The highest BCUT2D eigenvalue weighted by Gasteiger charge is 2.10. The molecule has 0 amide bonds. The van der Waals surface area contributed by atoms with Crippen LogP contribution >= 0.6 is 0 Å². The van der Waals surface area contributed by atoms with E-state index in [0.29, 0.717) is 0 Å². The minimum atomic E-state index is 0.879. The lowest BCUT2D eigenvalue weighted by molar-refractivity contribution is 1.34. The van der Waals surface area contributed by atoms with Gasteiger partial charge in [0.15, 0.2) is 0 Å². The Labute approximate surface area is 121 Å². The van der Waals surface area contributed by atoms with Gasteiger partial charge in [0.25, 0.3) is 0 Å². The van der Waals surface area contributed by atoms with Crippen molar-refractivity contribution in [3.05, 3.63) is 58.8 Å². The second-order valence-corrected chi connectivity index (χ2v) is 4.45. The molecular weight excluding hydrogens is 244 g/mol. The molecule has 1 rings (SSSR count). The molecule has 2 heteroatoms. The van der Waals surface area contributed by atoms with E-state index < -0.39 is 0 Å². The van der Waals surface area contributed by atoms with Crippen LogP contribution < -0.4 is 0 Å². The highest BCUT2D eigenvalue weighted by atomic mass is 14.7. The van der Waals surface area contributed by atoms with E-state index in [2.05, 4.69) is 36.8 Å². The Bertz CT molecular complexity index is 602. The largest absolute Gasteiger partial charge is 0.308 e. The van der Waals surface area contributed by atoms with Crippen LogP contribution in [-0.2, 0) is 0 Å². The first-order valence-corrected chi connectivity index (χ1v) is 6.70. The average molecular weight is 266 g/mol. The monoisotopic (exact) mass is 266 g/mol. The molecule has 0 aliphatic carbocycles. The number of allylic oxidation sites excluding steroid dienone is 5. The summed E-state index contributed by atoms with van der Waals surface area (Å²) >= 11 is 0. The molecule has 1 aromatic rings. The van der Waals surface area contributed by atoms with Crippen molar-refractivity contribution >= 4 is 24.1 Å². The maximum atomic E-state index is 7.48. The third kappa shape index (κ3) is 3.21. The summed E-state index contributed by atoms with van der Waals surface area (Å²) in [5.74, 6) is 0. The fourth-order valence-electron chi connectivity index (χ4n) is 2.20. The zero-order chi connectivity index (χ0) is 15.1. The van der Waals surface area contributed by atoms with Crippen molar-refractivity contribution in [1.82, 2.24) is 0 Å². The summed E-state index contributed by atoms with van der Waals surface area (Å²) in [6.45, 7) is 11.6. The third-order valence-electron chi connectivity index (χ3n) is 3.34. The van der Waals surface area contributed by atoms with E-state index in [1.54, 1.807) is 0 Å². The number of hydrogen-bond donors (Lipinski definition) is 1. The van der Waals surface area contributed by atoms with Crippen LogP contribution in [0.1, 0.15) is 37.5 Å². The van der Waals surface area contributed by atoms with E-state index in [-0.39, 0.29) is 0 Å². The minimum Gasteiger partial charge on any atom is -0.308 e. The molecule has 0 unspecified atom stereocenters. The van der Waals surface area contributed by atoms with Crippen molar-refractivity contribution < 1.29 is 0 Å². The van der Waals surface area contributed by atoms with Crippen molar-refractivity contribution in [3.63, 3.8) is 0 Å². The van der Waals surface area contributed by atoms with Gasteiger partial charge >= 0.3 is 0 Å². The van der Waals surface area contributed by atoms with Gasteiger partial charge in [-0.25, -0.2) is 0 Å². The number of rotatable bonds is 5. The van der Waals surface area contributed by atoms with Crippen LogP contribution in [0.15, 0.2) is 47.1 Å². The van der Waals surface area contributed by atoms with Gasteiger partial charge in [0, 0.05) is 11.8 Å². The summed E-state index contributed by atoms with van der Waals surface area (Å²) in [6, 6.07) is 6.24. The van der Waals surface area contributed by atoms with Gasteiger partial charge < -0.3 is 5.41 Å². The number of aryl methyl sites for hydroxylation is 1. The van der Waals surface area contributed by atoms with E-state index >= 15 is 0 Å². The first-order chi connectivity index (χ1) is 9.62. The smallest absolute Gasteiger partial charge is 0.0654 e. The van der Waals surface area contributed by atoms with Crippen LogP contribution in [-0.4, -0.2) is 12.9 Å². The lowest BCUT2D eigenvalue weighted by Crippen LogP contribution is -1.95. The normalized spacial score (nSPS) is 13.3. The highest BCUT2D eigenvalue weighted by molar-refractivity contribution is 6.08. The first kappa shape index (κ1) is 15.8. The average Bonchev–Trinajstić information content (AvgIpc) is 2.48.